The molecule has 2 fully saturated rings. The van der Waals surface area contributed by atoms with Crippen LogP contribution in [0.4, 0.5) is 0 Å². The molecule has 0 aliphatic carbocycles. The first-order chi connectivity index (χ1) is 9.93. The fourth-order valence-corrected chi connectivity index (χ4v) is 5.78. The monoisotopic (exact) mass is 329 g/mol. The van der Waals surface area contributed by atoms with Crippen LogP contribution < -0.4 is 0 Å². The van der Waals surface area contributed by atoms with Gasteiger partial charge in [-0.2, -0.15) is 0 Å². The Bertz CT molecular complexity index is 504. The zero-order chi connectivity index (χ0) is 16.8. The van der Waals surface area contributed by atoms with Gasteiger partial charge in [-0.25, -0.2) is 8.42 Å². The van der Waals surface area contributed by atoms with Crippen molar-refractivity contribution in [2.45, 2.75) is 70.9 Å². The van der Waals surface area contributed by atoms with Crippen LogP contribution in [0, 0.1) is 11.8 Å². The van der Waals surface area contributed by atoms with E-state index in [0.717, 1.165) is 12.8 Å². The van der Waals surface area contributed by atoms with Crippen LogP contribution in [0.15, 0.2) is 0 Å². The summed E-state index contributed by atoms with van der Waals surface area (Å²) in [6, 6.07) is 0. The van der Waals surface area contributed by atoms with Gasteiger partial charge in [-0.1, -0.05) is 0 Å². The maximum atomic E-state index is 12.7. The predicted octanol–water partition coefficient (Wildman–Crippen LogP) is 2.67. The van der Waals surface area contributed by atoms with Gasteiger partial charge >= 0.3 is 0 Å². The summed E-state index contributed by atoms with van der Waals surface area (Å²) in [4.78, 5) is 15.1. The van der Waals surface area contributed by atoms with Gasteiger partial charge in [0.15, 0.2) is 0 Å². The molecule has 2 heterocycles. The van der Waals surface area contributed by atoms with E-state index in [4.69, 9.17) is 0 Å². The van der Waals surface area contributed by atoms with E-state index in [1.807, 2.05) is 0 Å². The highest BCUT2D eigenvalue weighted by atomic mass is 32.2. The van der Waals surface area contributed by atoms with E-state index in [0.29, 0.717) is 25.0 Å². The summed E-state index contributed by atoms with van der Waals surface area (Å²) in [5.41, 5.74) is 0.0515. The van der Waals surface area contributed by atoms with Crippen molar-refractivity contribution in [3.05, 3.63) is 0 Å². The third-order valence-electron chi connectivity index (χ3n) is 5.93. The number of carbonyl (C=O) groups is 1. The molecule has 0 amide bonds. The van der Waals surface area contributed by atoms with E-state index in [1.165, 1.54) is 0 Å². The van der Waals surface area contributed by atoms with Gasteiger partial charge < -0.3 is 0 Å². The topological polar surface area (TPSA) is 54.5 Å². The molecule has 2 rings (SSSR count). The summed E-state index contributed by atoms with van der Waals surface area (Å²) < 4.78 is 23.0. The highest BCUT2D eigenvalue weighted by Crippen LogP contribution is 2.41. The first-order valence-electron chi connectivity index (χ1n) is 8.40. The molecule has 0 aromatic rings. The lowest BCUT2D eigenvalue weighted by Crippen LogP contribution is -2.59. The Kier molecular flexibility index (Phi) is 4.80. The van der Waals surface area contributed by atoms with Crippen LogP contribution in [-0.2, 0) is 14.6 Å². The Labute approximate surface area is 135 Å². The lowest BCUT2D eigenvalue weighted by atomic mass is 9.71. The zero-order valence-electron chi connectivity index (χ0n) is 14.7. The van der Waals surface area contributed by atoms with Crippen molar-refractivity contribution < 1.29 is 13.2 Å². The molecule has 0 unspecified atom stereocenters. The Morgan fingerprint density at radius 2 is 1.50 bits per heavy atom. The van der Waals surface area contributed by atoms with Crippen molar-refractivity contribution in [3.63, 3.8) is 0 Å². The lowest BCUT2D eigenvalue weighted by Gasteiger charge is -2.53. The Balaban J connectivity index is 1.98. The van der Waals surface area contributed by atoms with E-state index in [1.54, 1.807) is 0 Å². The molecular formula is C17H31NO3S. The van der Waals surface area contributed by atoms with Crippen molar-refractivity contribution >= 4 is 15.6 Å². The summed E-state index contributed by atoms with van der Waals surface area (Å²) in [6.07, 6.45) is 3.69. The van der Waals surface area contributed by atoms with Crippen molar-refractivity contribution in [2.75, 3.05) is 18.6 Å². The van der Waals surface area contributed by atoms with Crippen LogP contribution in [0.2, 0.25) is 0 Å². The molecule has 0 saturated carbocycles. The van der Waals surface area contributed by atoms with Gasteiger partial charge in [0.2, 0.25) is 0 Å². The van der Waals surface area contributed by atoms with Crippen molar-refractivity contribution in [1.29, 1.82) is 0 Å². The van der Waals surface area contributed by atoms with Crippen LogP contribution in [0.1, 0.15) is 59.8 Å². The SMILES string of the molecule is CN1C(C)(C)CC(C(=O)CC2CCS(=O)(=O)CC2)CC1(C)C. The number of ketones is 1. The van der Waals surface area contributed by atoms with Gasteiger partial charge in [-0.3, -0.25) is 9.69 Å². The maximum absolute atomic E-state index is 12.7. The minimum atomic E-state index is -2.84. The van der Waals surface area contributed by atoms with Crippen molar-refractivity contribution in [3.8, 4) is 0 Å². The molecule has 2 aliphatic heterocycles. The summed E-state index contributed by atoms with van der Waals surface area (Å²) in [5.74, 6) is 1.24. The van der Waals surface area contributed by atoms with E-state index in [2.05, 4.69) is 39.6 Å². The molecular weight excluding hydrogens is 298 g/mol. The maximum Gasteiger partial charge on any atom is 0.150 e. The van der Waals surface area contributed by atoms with E-state index >= 15 is 0 Å². The van der Waals surface area contributed by atoms with E-state index in [9.17, 15) is 13.2 Å². The van der Waals surface area contributed by atoms with Crippen molar-refractivity contribution in [1.82, 2.24) is 4.90 Å². The smallest absolute Gasteiger partial charge is 0.150 e. The van der Waals surface area contributed by atoms with Gasteiger partial charge in [-0.05, 0) is 66.3 Å². The number of Topliss-reactive ketones (excluding diaryl/α,β-unsaturated/α-hetero) is 1. The second kappa shape index (κ2) is 5.90. The third kappa shape index (κ3) is 3.91. The standard InChI is InChI=1S/C17H31NO3S/c1-16(2)11-14(12-17(3,4)18(16)5)15(19)10-13-6-8-22(20,21)9-7-13/h13-14H,6-12H2,1-5H3. The fourth-order valence-electron chi connectivity index (χ4n) is 4.19. The molecule has 0 bridgehead atoms. The highest BCUT2D eigenvalue weighted by molar-refractivity contribution is 7.91. The van der Waals surface area contributed by atoms with Crippen LogP contribution >= 0.6 is 0 Å². The molecule has 128 valence electrons. The third-order valence-corrected chi connectivity index (χ3v) is 7.64. The fraction of sp³-hybridized carbons (Fsp3) is 0.941. The number of carbonyl (C=O) groups excluding carboxylic acids is 1. The van der Waals surface area contributed by atoms with E-state index < -0.39 is 9.84 Å². The van der Waals surface area contributed by atoms with Gasteiger partial charge in [0, 0.05) is 23.4 Å². The van der Waals surface area contributed by atoms with Crippen LogP contribution in [0.5, 0.6) is 0 Å². The minimum Gasteiger partial charge on any atom is -0.299 e. The Hall–Kier alpha value is -0.420. The zero-order valence-corrected chi connectivity index (χ0v) is 15.5. The van der Waals surface area contributed by atoms with Crippen LogP contribution in [0.25, 0.3) is 0 Å². The molecule has 5 heteroatoms. The molecule has 0 aromatic heterocycles. The Morgan fingerprint density at radius 3 is 1.95 bits per heavy atom. The first-order valence-corrected chi connectivity index (χ1v) is 10.2. The normalized spacial score (nSPS) is 29.3. The molecule has 0 aromatic carbocycles. The Morgan fingerprint density at radius 1 is 1.05 bits per heavy atom. The van der Waals surface area contributed by atoms with Gasteiger partial charge in [0.1, 0.15) is 15.6 Å². The molecule has 22 heavy (non-hydrogen) atoms. The first kappa shape index (κ1) is 17.9. The number of piperidine rings is 1. The summed E-state index contributed by atoms with van der Waals surface area (Å²) >= 11 is 0. The van der Waals surface area contributed by atoms with Crippen molar-refractivity contribution in [2.24, 2.45) is 11.8 Å². The number of sulfone groups is 1. The van der Waals surface area contributed by atoms with Crippen LogP contribution in [-0.4, -0.2) is 48.7 Å². The van der Waals surface area contributed by atoms with E-state index in [-0.39, 0.29) is 34.4 Å². The second-order valence-corrected chi connectivity index (χ2v) is 10.9. The largest absolute Gasteiger partial charge is 0.299 e. The summed E-state index contributed by atoms with van der Waals surface area (Å²) in [7, 11) is -0.693. The average molecular weight is 330 g/mol. The second-order valence-electron chi connectivity index (χ2n) is 8.55. The van der Waals surface area contributed by atoms with Crippen LogP contribution in [0.3, 0.4) is 0 Å². The minimum absolute atomic E-state index is 0.0258. The number of likely N-dealkylation sites (tertiary alicyclic amines) is 1. The molecule has 0 N–H and O–H groups in total. The van der Waals surface area contributed by atoms with Gasteiger partial charge in [0.05, 0.1) is 11.5 Å². The number of hydrogen-bond donors (Lipinski definition) is 0. The number of nitrogens with zero attached hydrogens (tertiary/aromatic N) is 1. The quantitative estimate of drug-likeness (QED) is 0.799. The molecule has 0 atom stereocenters. The summed E-state index contributed by atoms with van der Waals surface area (Å²) in [6.45, 7) is 8.84. The van der Waals surface area contributed by atoms with Gasteiger partial charge in [-0.15, -0.1) is 0 Å². The molecule has 4 nitrogen and oxygen atoms in total. The lowest BCUT2D eigenvalue weighted by molar-refractivity contribution is -0.131. The molecule has 2 aliphatic rings. The predicted molar refractivity (Wildman–Crippen MR) is 89.6 cm³/mol. The summed E-state index contributed by atoms with van der Waals surface area (Å²) in [5, 5.41) is 0. The molecule has 0 radical (unpaired) electrons. The molecule has 2 saturated heterocycles. The number of rotatable bonds is 3. The highest BCUT2D eigenvalue weighted by Gasteiger charge is 2.45. The molecule has 0 spiro atoms. The average Bonchev–Trinajstić information content (AvgIpc) is 2.37. The number of hydrogen-bond acceptors (Lipinski definition) is 4. The van der Waals surface area contributed by atoms with Gasteiger partial charge in [0.25, 0.3) is 0 Å².